The summed E-state index contributed by atoms with van der Waals surface area (Å²) in [6, 6.07) is 15.5. The molecule has 0 fully saturated rings. The van der Waals surface area contributed by atoms with E-state index in [2.05, 4.69) is 11.4 Å². The van der Waals surface area contributed by atoms with Crippen LogP contribution in [0.4, 0.5) is 5.69 Å². The minimum Gasteiger partial charge on any atom is -0.493 e. The lowest BCUT2D eigenvalue weighted by Gasteiger charge is -2.17. The summed E-state index contributed by atoms with van der Waals surface area (Å²) >= 11 is 0. The molecule has 0 saturated carbocycles. The van der Waals surface area contributed by atoms with E-state index in [4.69, 9.17) is 4.74 Å². The highest BCUT2D eigenvalue weighted by Gasteiger charge is 2.12. The number of carbonyl (C=O) groups is 1. The maximum atomic E-state index is 12.0. The van der Waals surface area contributed by atoms with Gasteiger partial charge in [0.1, 0.15) is 5.75 Å². The van der Waals surface area contributed by atoms with Crippen molar-refractivity contribution in [2.75, 3.05) is 11.9 Å². The first-order valence-electron chi connectivity index (χ1n) is 6.91. The molecule has 0 saturated heterocycles. The summed E-state index contributed by atoms with van der Waals surface area (Å²) in [6.45, 7) is 0.792. The molecule has 0 radical (unpaired) electrons. The van der Waals surface area contributed by atoms with Gasteiger partial charge in [-0.05, 0) is 42.2 Å². The summed E-state index contributed by atoms with van der Waals surface area (Å²) in [5.74, 6) is 0.969. The molecular formula is C17H17NO2. The number of fused-ring (bicyclic) bond motifs is 1. The zero-order chi connectivity index (χ0) is 13.8. The van der Waals surface area contributed by atoms with E-state index in [1.165, 1.54) is 5.56 Å². The Morgan fingerprint density at radius 3 is 2.85 bits per heavy atom. The van der Waals surface area contributed by atoms with Crippen LogP contribution in [0.25, 0.3) is 0 Å². The van der Waals surface area contributed by atoms with E-state index in [1.807, 2.05) is 42.5 Å². The van der Waals surface area contributed by atoms with Crippen LogP contribution in [0, 0.1) is 0 Å². The molecule has 2 aromatic carbocycles. The Balaban J connectivity index is 1.67. The molecule has 1 N–H and O–H groups in total. The van der Waals surface area contributed by atoms with Crippen molar-refractivity contribution < 1.29 is 9.53 Å². The lowest BCUT2D eigenvalue weighted by Crippen LogP contribution is -2.15. The number of aryl methyl sites for hydroxylation is 1. The van der Waals surface area contributed by atoms with Gasteiger partial charge in [-0.25, -0.2) is 0 Å². The molecule has 3 nitrogen and oxygen atoms in total. The quantitative estimate of drug-likeness (QED) is 0.927. The van der Waals surface area contributed by atoms with Crippen LogP contribution in [-0.2, 0) is 17.6 Å². The first kappa shape index (κ1) is 12.7. The Kier molecular flexibility index (Phi) is 3.68. The number of ether oxygens (including phenoxy) is 1. The van der Waals surface area contributed by atoms with Gasteiger partial charge in [-0.3, -0.25) is 4.79 Å². The van der Waals surface area contributed by atoms with Crippen molar-refractivity contribution >= 4 is 11.6 Å². The molecule has 1 aliphatic heterocycles. The van der Waals surface area contributed by atoms with Crippen molar-refractivity contribution in [2.45, 2.75) is 19.3 Å². The molecule has 20 heavy (non-hydrogen) atoms. The Labute approximate surface area is 118 Å². The Bertz CT molecular complexity index is 608. The zero-order valence-electron chi connectivity index (χ0n) is 11.3. The van der Waals surface area contributed by atoms with Crippen molar-refractivity contribution in [3.63, 3.8) is 0 Å². The van der Waals surface area contributed by atoms with E-state index in [1.54, 1.807) is 0 Å². The Hall–Kier alpha value is -2.29. The number of hydrogen-bond acceptors (Lipinski definition) is 2. The van der Waals surface area contributed by atoms with Gasteiger partial charge in [-0.15, -0.1) is 0 Å². The first-order valence-corrected chi connectivity index (χ1v) is 6.91. The van der Waals surface area contributed by atoms with Gasteiger partial charge in [-0.2, -0.15) is 0 Å². The number of rotatable bonds is 3. The fourth-order valence-corrected chi connectivity index (χ4v) is 2.44. The van der Waals surface area contributed by atoms with E-state index in [0.29, 0.717) is 6.42 Å². The number of benzene rings is 2. The summed E-state index contributed by atoms with van der Waals surface area (Å²) in [6.07, 6.45) is 2.47. The lowest BCUT2D eigenvalue weighted by molar-refractivity contribution is -0.115. The first-order chi connectivity index (χ1) is 9.81. The maximum absolute atomic E-state index is 12.0. The molecular weight excluding hydrogens is 250 g/mol. The van der Waals surface area contributed by atoms with Crippen molar-refractivity contribution in [3.05, 3.63) is 59.7 Å². The van der Waals surface area contributed by atoms with Gasteiger partial charge in [0, 0.05) is 5.69 Å². The van der Waals surface area contributed by atoms with Crippen LogP contribution in [0.1, 0.15) is 17.5 Å². The number of nitrogens with one attached hydrogen (secondary N) is 1. The van der Waals surface area contributed by atoms with E-state index in [-0.39, 0.29) is 5.91 Å². The zero-order valence-corrected chi connectivity index (χ0v) is 11.3. The molecule has 0 aliphatic carbocycles. The highest BCUT2D eigenvalue weighted by atomic mass is 16.5. The third-order valence-electron chi connectivity index (χ3n) is 3.40. The summed E-state index contributed by atoms with van der Waals surface area (Å²) in [7, 11) is 0. The molecule has 1 heterocycles. The van der Waals surface area contributed by atoms with Crippen LogP contribution in [0.3, 0.4) is 0 Å². The SMILES string of the molecule is O=C(Cc1ccc2c(c1)CCCO2)Nc1ccccc1. The lowest BCUT2D eigenvalue weighted by atomic mass is 10.0. The molecule has 0 bridgehead atoms. The molecule has 0 atom stereocenters. The average Bonchev–Trinajstić information content (AvgIpc) is 2.48. The molecule has 1 amide bonds. The molecule has 102 valence electrons. The predicted molar refractivity (Wildman–Crippen MR) is 79.0 cm³/mol. The predicted octanol–water partition coefficient (Wildman–Crippen LogP) is 3.19. The maximum Gasteiger partial charge on any atom is 0.228 e. The largest absolute Gasteiger partial charge is 0.493 e. The van der Waals surface area contributed by atoms with Crippen LogP contribution in [0.5, 0.6) is 5.75 Å². The summed E-state index contributed by atoms with van der Waals surface area (Å²) < 4.78 is 5.58. The highest BCUT2D eigenvalue weighted by Crippen LogP contribution is 2.25. The topological polar surface area (TPSA) is 38.3 Å². The summed E-state index contributed by atoms with van der Waals surface area (Å²) in [5.41, 5.74) is 3.07. The number of hydrogen-bond donors (Lipinski definition) is 1. The fourth-order valence-electron chi connectivity index (χ4n) is 2.44. The Morgan fingerprint density at radius 2 is 2.00 bits per heavy atom. The smallest absolute Gasteiger partial charge is 0.228 e. The van der Waals surface area contributed by atoms with Crippen molar-refractivity contribution in [1.29, 1.82) is 0 Å². The Morgan fingerprint density at radius 1 is 1.15 bits per heavy atom. The van der Waals surface area contributed by atoms with E-state index >= 15 is 0 Å². The van der Waals surface area contributed by atoms with Gasteiger partial charge in [0.2, 0.25) is 5.91 Å². The minimum absolute atomic E-state index is 0.00729. The third-order valence-corrected chi connectivity index (χ3v) is 3.40. The second-order valence-corrected chi connectivity index (χ2v) is 4.99. The van der Waals surface area contributed by atoms with Gasteiger partial charge in [0.05, 0.1) is 13.0 Å². The van der Waals surface area contributed by atoms with Gasteiger partial charge < -0.3 is 10.1 Å². The van der Waals surface area contributed by atoms with Crippen molar-refractivity contribution in [2.24, 2.45) is 0 Å². The van der Waals surface area contributed by atoms with Crippen LogP contribution < -0.4 is 10.1 Å². The van der Waals surface area contributed by atoms with Gasteiger partial charge >= 0.3 is 0 Å². The molecule has 1 aliphatic rings. The van der Waals surface area contributed by atoms with E-state index in [9.17, 15) is 4.79 Å². The summed E-state index contributed by atoms with van der Waals surface area (Å²) in [5, 5.41) is 2.90. The second kappa shape index (κ2) is 5.78. The fraction of sp³-hybridized carbons (Fsp3) is 0.235. The van der Waals surface area contributed by atoms with Crippen molar-refractivity contribution in [1.82, 2.24) is 0 Å². The van der Waals surface area contributed by atoms with E-state index < -0.39 is 0 Å². The van der Waals surface area contributed by atoms with Gasteiger partial charge in [-0.1, -0.05) is 30.3 Å². The standard InChI is InChI=1S/C17H17NO2/c19-17(18-15-6-2-1-3-7-15)12-13-8-9-16-14(11-13)5-4-10-20-16/h1-3,6-9,11H,4-5,10,12H2,(H,18,19). The van der Waals surface area contributed by atoms with Crippen LogP contribution in [-0.4, -0.2) is 12.5 Å². The van der Waals surface area contributed by atoms with Crippen molar-refractivity contribution in [3.8, 4) is 5.75 Å². The van der Waals surface area contributed by atoms with Gasteiger partial charge in [0.25, 0.3) is 0 Å². The van der Waals surface area contributed by atoms with Crippen LogP contribution >= 0.6 is 0 Å². The van der Waals surface area contributed by atoms with Crippen LogP contribution in [0.2, 0.25) is 0 Å². The molecule has 0 spiro atoms. The molecule has 0 aromatic heterocycles. The molecule has 3 rings (SSSR count). The highest BCUT2D eigenvalue weighted by molar-refractivity contribution is 5.92. The normalized spacial score (nSPS) is 13.2. The number of anilines is 1. The molecule has 0 unspecified atom stereocenters. The van der Waals surface area contributed by atoms with E-state index in [0.717, 1.165) is 36.4 Å². The molecule has 3 heteroatoms. The molecule has 2 aromatic rings. The minimum atomic E-state index is 0.00729. The van der Waals surface area contributed by atoms with Gasteiger partial charge in [0.15, 0.2) is 0 Å². The summed E-state index contributed by atoms with van der Waals surface area (Å²) in [4.78, 5) is 12.0. The number of carbonyl (C=O) groups excluding carboxylic acids is 1. The number of amides is 1. The monoisotopic (exact) mass is 267 g/mol. The average molecular weight is 267 g/mol. The number of para-hydroxylation sites is 1. The third kappa shape index (κ3) is 2.99. The van der Waals surface area contributed by atoms with Crippen LogP contribution in [0.15, 0.2) is 48.5 Å². The second-order valence-electron chi connectivity index (χ2n) is 4.99.